The third-order valence-electron chi connectivity index (χ3n) is 10.3. The van der Waals surface area contributed by atoms with Crippen LogP contribution in [-0.2, 0) is 24.1 Å². The van der Waals surface area contributed by atoms with Crippen molar-refractivity contribution in [2.75, 3.05) is 39.3 Å². The number of nitrogens with zero attached hydrogens (tertiary/aromatic N) is 4. The van der Waals surface area contributed by atoms with Gasteiger partial charge in [-0.15, -0.1) is 0 Å². The number of aromatic nitrogens is 3. The van der Waals surface area contributed by atoms with Gasteiger partial charge in [-0.1, -0.05) is 68.4 Å². The third-order valence-corrected chi connectivity index (χ3v) is 13.1. The van der Waals surface area contributed by atoms with E-state index in [0.29, 0.717) is 40.3 Å². The number of nitriles is 1. The van der Waals surface area contributed by atoms with E-state index in [1.54, 1.807) is 14.2 Å². The van der Waals surface area contributed by atoms with Gasteiger partial charge in [0.15, 0.2) is 5.65 Å². The first kappa shape index (κ1) is 45.2. The summed E-state index contributed by atoms with van der Waals surface area (Å²) in [5, 5.41) is 13.1. The van der Waals surface area contributed by atoms with E-state index in [4.69, 9.17) is 33.0 Å². The molecule has 1 aliphatic rings. The lowest BCUT2D eigenvalue weighted by Crippen LogP contribution is -2.39. The number of benzene rings is 3. The SMILES string of the molecule is COc1ccc(C(OC[C@H]2O[C@@H](n3cc(Br)c4c(=O)[nH]c(NCC(C)C)nc43)C[C@@H]2OP(OCCC#N)N(C(C)C)C(C)C)(c2ccccc2)c2ccc(OC)cc2)cc1. The van der Waals surface area contributed by atoms with Crippen LogP contribution in [0.25, 0.3) is 11.0 Å². The molecule has 2 aromatic heterocycles. The van der Waals surface area contributed by atoms with Crippen molar-refractivity contribution in [2.24, 2.45) is 5.92 Å². The predicted molar refractivity (Wildman–Crippen MR) is 238 cm³/mol. The molecule has 2 N–H and O–H groups in total. The molecule has 0 amide bonds. The van der Waals surface area contributed by atoms with Crippen molar-refractivity contribution in [3.63, 3.8) is 0 Å². The summed E-state index contributed by atoms with van der Waals surface area (Å²) in [4.78, 5) is 21.2. The van der Waals surface area contributed by atoms with Crippen LogP contribution in [0, 0.1) is 17.2 Å². The number of hydrogen-bond acceptors (Lipinski definition) is 11. The van der Waals surface area contributed by atoms with Crippen molar-refractivity contribution in [2.45, 2.75) is 90.5 Å². The number of nitrogens with one attached hydrogen (secondary N) is 2. The Morgan fingerprint density at radius 3 is 2.12 bits per heavy atom. The first-order valence-corrected chi connectivity index (χ1v) is 22.3. The summed E-state index contributed by atoms with van der Waals surface area (Å²) < 4.78 is 43.7. The van der Waals surface area contributed by atoms with Crippen molar-refractivity contribution < 1.29 is 28.0 Å². The van der Waals surface area contributed by atoms with Crippen molar-refractivity contribution in [3.8, 4) is 17.6 Å². The van der Waals surface area contributed by atoms with Crippen molar-refractivity contribution in [1.82, 2.24) is 19.2 Å². The zero-order chi connectivity index (χ0) is 43.0. The van der Waals surface area contributed by atoms with Crippen LogP contribution in [-0.4, -0.2) is 77.5 Å². The second-order valence-corrected chi connectivity index (χ2v) is 17.9. The van der Waals surface area contributed by atoms with Crippen molar-refractivity contribution in [3.05, 3.63) is 117 Å². The maximum Gasteiger partial charge on any atom is 0.262 e. The lowest BCUT2D eigenvalue weighted by atomic mass is 9.80. The molecule has 60 heavy (non-hydrogen) atoms. The third kappa shape index (κ3) is 10.1. The van der Waals surface area contributed by atoms with E-state index in [1.165, 1.54) is 0 Å². The summed E-state index contributed by atoms with van der Waals surface area (Å²) in [5.74, 6) is 2.15. The average Bonchev–Trinajstić information content (AvgIpc) is 3.80. The fourth-order valence-corrected chi connectivity index (χ4v) is 9.88. The topological polar surface area (TPSA) is 145 Å². The number of fused-ring (bicyclic) bond motifs is 1. The van der Waals surface area contributed by atoms with E-state index >= 15 is 0 Å². The van der Waals surface area contributed by atoms with Gasteiger partial charge in [0.1, 0.15) is 29.4 Å². The number of hydrogen-bond donors (Lipinski definition) is 2. The first-order valence-electron chi connectivity index (χ1n) is 20.3. The van der Waals surface area contributed by atoms with Crippen LogP contribution in [0.3, 0.4) is 0 Å². The van der Waals surface area contributed by atoms with Crippen LogP contribution in [0.5, 0.6) is 11.5 Å². The second kappa shape index (κ2) is 20.5. The largest absolute Gasteiger partial charge is 0.497 e. The molecule has 0 radical (unpaired) electrons. The normalized spacial score (nSPS) is 17.5. The Balaban J connectivity index is 1.46. The molecule has 5 aromatic rings. The van der Waals surface area contributed by atoms with E-state index < -0.39 is 32.6 Å². The van der Waals surface area contributed by atoms with E-state index in [1.807, 2.05) is 77.5 Å². The lowest BCUT2D eigenvalue weighted by molar-refractivity contribution is -0.0911. The smallest absolute Gasteiger partial charge is 0.262 e. The molecule has 1 fully saturated rings. The molecule has 0 aliphatic carbocycles. The Hall–Kier alpha value is -4.32. The van der Waals surface area contributed by atoms with Gasteiger partial charge in [0.25, 0.3) is 14.1 Å². The average molecular weight is 904 g/mol. The van der Waals surface area contributed by atoms with E-state index in [2.05, 4.69) is 90.6 Å². The van der Waals surface area contributed by atoms with Gasteiger partial charge in [0, 0.05) is 31.2 Å². The maximum atomic E-state index is 13.5. The molecular weight excluding hydrogens is 847 g/mol. The minimum absolute atomic E-state index is 0.0823. The second-order valence-electron chi connectivity index (χ2n) is 15.6. The lowest BCUT2D eigenvalue weighted by Gasteiger charge is -2.39. The Morgan fingerprint density at radius 2 is 1.57 bits per heavy atom. The quantitative estimate of drug-likeness (QED) is 0.0438. The van der Waals surface area contributed by atoms with Gasteiger partial charge < -0.3 is 37.9 Å². The highest BCUT2D eigenvalue weighted by Crippen LogP contribution is 2.51. The highest BCUT2D eigenvalue weighted by atomic mass is 79.9. The molecule has 13 nitrogen and oxygen atoms in total. The van der Waals surface area contributed by atoms with E-state index in [0.717, 1.165) is 28.2 Å². The van der Waals surface area contributed by atoms with E-state index in [9.17, 15) is 10.1 Å². The minimum atomic E-state index is -1.65. The highest BCUT2D eigenvalue weighted by Gasteiger charge is 2.45. The van der Waals surface area contributed by atoms with Gasteiger partial charge in [-0.3, -0.25) is 9.78 Å². The number of rotatable bonds is 20. The Kier molecular flexibility index (Phi) is 15.4. The van der Waals surface area contributed by atoms with Crippen molar-refractivity contribution in [1.29, 1.82) is 5.26 Å². The minimum Gasteiger partial charge on any atom is -0.497 e. The van der Waals surface area contributed by atoms with Gasteiger partial charge in [-0.2, -0.15) is 10.2 Å². The van der Waals surface area contributed by atoms with Crippen LogP contribution in [0.4, 0.5) is 5.95 Å². The molecule has 320 valence electrons. The highest BCUT2D eigenvalue weighted by molar-refractivity contribution is 9.10. The standard InChI is InChI=1S/C45H56BrN6O7P/c1-29(2)26-48-44-49-42-41(43(53)50-44)37(46)27-51(42)40-25-38(59-60(57-24-12-23-47)52(30(3)4)31(5)6)39(58-40)28-56-45(32-13-10-9-11-14-32,33-15-19-35(54-7)20-16-33)34-17-21-36(55-8)22-18-34/h9-11,13-22,27,29-31,38-40H,12,24-26,28H2,1-8H3,(H2,48,49,50,53)/t38-,39+,40+,60?/m0/s1. The molecule has 0 saturated carbocycles. The van der Waals surface area contributed by atoms with Gasteiger partial charge in [0.05, 0.1) is 55.9 Å². The molecule has 4 atom stereocenters. The van der Waals surface area contributed by atoms with Crippen LogP contribution in [0.2, 0.25) is 0 Å². The van der Waals surface area contributed by atoms with Crippen LogP contribution in [0.1, 0.15) is 77.3 Å². The zero-order valence-corrected chi connectivity index (χ0v) is 38.0. The summed E-state index contributed by atoms with van der Waals surface area (Å²) in [6.45, 7) is 13.6. The summed E-state index contributed by atoms with van der Waals surface area (Å²) >= 11 is 3.63. The summed E-state index contributed by atoms with van der Waals surface area (Å²) in [6.07, 6.45) is 0.690. The molecule has 6 rings (SSSR count). The van der Waals surface area contributed by atoms with Gasteiger partial charge in [0.2, 0.25) is 5.95 Å². The molecule has 0 bridgehead atoms. The summed E-state index contributed by atoms with van der Waals surface area (Å²) in [5.41, 5.74) is 1.75. The van der Waals surface area contributed by atoms with Crippen LogP contribution < -0.4 is 20.3 Å². The summed E-state index contributed by atoms with van der Waals surface area (Å²) in [7, 11) is 1.64. The molecule has 1 aliphatic heterocycles. The molecule has 1 saturated heterocycles. The number of aromatic amines is 1. The van der Waals surface area contributed by atoms with Gasteiger partial charge in [-0.05, 0) is 90.5 Å². The van der Waals surface area contributed by atoms with E-state index in [-0.39, 0.29) is 37.3 Å². The molecule has 0 spiro atoms. The molecule has 3 aromatic carbocycles. The number of anilines is 1. The molecular formula is C45H56BrN6O7P. The zero-order valence-electron chi connectivity index (χ0n) is 35.6. The van der Waals surface area contributed by atoms with Crippen molar-refractivity contribution >= 4 is 41.4 Å². The molecule has 1 unspecified atom stereocenters. The monoisotopic (exact) mass is 902 g/mol. The summed E-state index contributed by atoms with van der Waals surface area (Å²) in [6, 6.07) is 28.3. The van der Waals surface area contributed by atoms with Crippen LogP contribution >= 0.6 is 24.5 Å². The maximum absolute atomic E-state index is 13.5. The fraction of sp³-hybridized carbons (Fsp3) is 0.444. The molecule has 3 heterocycles. The predicted octanol–water partition coefficient (Wildman–Crippen LogP) is 9.53. The molecule has 15 heteroatoms. The van der Waals surface area contributed by atoms with Gasteiger partial charge >= 0.3 is 0 Å². The fourth-order valence-electron chi connectivity index (χ4n) is 7.54. The van der Waals surface area contributed by atoms with Gasteiger partial charge in [-0.25, -0.2) is 4.67 Å². The number of methoxy groups -OCH3 is 2. The first-order chi connectivity index (χ1) is 28.9. The number of ether oxygens (including phenoxy) is 4. The number of H-pyrrole nitrogens is 1. The Morgan fingerprint density at radius 1 is 0.967 bits per heavy atom. The Labute approximate surface area is 362 Å². The number of halogens is 1. The Bertz CT molecular complexity index is 2190. The van der Waals surface area contributed by atoms with Crippen LogP contribution in [0.15, 0.2) is 94.3 Å².